The van der Waals surface area contributed by atoms with Gasteiger partial charge in [-0.15, -0.1) is 0 Å². The number of aliphatic hydroxyl groups excluding tert-OH is 1. The number of likely N-dealkylation sites (tertiary alicyclic amines) is 2. The molecular weight excluding hydrogens is 248 g/mol. The number of amides is 1. The maximum Gasteiger partial charge on any atom is 0.410 e. The Labute approximate surface area is 114 Å². The summed E-state index contributed by atoms with van der Waals surface area (Å²) in [7, 11) is 1.69. The van der Waals surface area contributed by atoms with Gasteiger partial charge >= 0.3 is 6.09 Å². The van der Waals surface area contributed by atoms with E-state index in [1.807, 2.05) is 20.8 Å². The van der Waals surface area contributed by atoms with E-state index < -0.39 is 11.7 Å². The number of methoxy groups -OCH3 is 1. The lowest BCUT2D eigenvalue weighted by Gasteiger charge is -2.42. The van der Waals surface area contributed by atoms with Gasteiger partial charge in [0.1, 0.15) is 5.60 Å². The zero-order valence-electron chi connectivity index (χ0n) is 12.1. The minimum Gasteiger partial charge on any atom is -0.444 e. The first kappa shape index (κ1) is 14.6. The summed E-state index contributed by atoms with van der Waals surface area (Å²) in [5.41, 5.74) is -0.502. The summed E-state index contributed by atoms with van der Waals surface area (Å²) in [5, 5.41) is 10.1. The first-order chi connectivity index (χ1) is 8.80. The van der Waals surface area contributed by atoms with Gasteiger partial charge in [-0.2, -0.15) is 0 Å². The number of hydrogen-bond acceptors (Lipinski definition) is 5. The fraction of sp³-hybridized carbons (Fsp3) is 0.923. The Bertz CT molecular complexity index is 336. The molecule has 19 heavy (non-hydrogen) atoms. The Morgan fingerprint density at radius 3 is 2.37 bits per heavy atom. The van der Waals surface area contributed by atoms with Crippen LogP contribution in [0.5, 0.6) is 0 Å². The molecule has 0 spiro atoms. The molecule has 0 bridgehead atoms. The summed E-state index contributed by atoms with van der Waals surface area (Å²) in [6.45, 7) is 8.02. The van der Waals surface area contributed by atoms with Crippen LogP contribution in [0.15, 0.2) is 0 Å². The molecule has 2 aliphatic heterocycles. The van der Waals surface area contributed by atoms with Crippen LogP contribution in [0, 0.1) is 0 Å². The van der Waals surface area contributed by atoms with Gasteiger partial charge in [-0.25, -0.2) is 4.79 Å². The Kier molecular flexibility index (Phi) is 4.03. The fourth-order valence-corrected chi connectivity index (χ4v) is 2.49. The van der Waals surface area contributed by atoms with Gasteiger partial charge in [0.15, 0.2) is 0 Å². The summed E-state index contributed by atoms with van der Waals surface area (Å²) in [4.78, 5) is 15.7. The maximum absolute atomic E-state index is 12.0. The van der Waals surface area contributed by atoms with Crippen molar-refractivity contribution in [3.05, 3.63) is 0 Å². The molecule has 0 unspecified atom stereocenters. The SMILES string of the molecule is COC1CN([C@@H]2CN(C(=O)OC(C)(C)C)C[C@H]2O)C1. The molecule has 0 aromatic carbocycles. The zero-order chi connectivity index (χ0) is 14.2. The molecule has 1 amide bonds. The van der Waals surface area contributed by atoms with E-state index in [1.54, 1.807) is 12.0 Å². The standard InChI is InChI=1S/C13H24N2O4/c1-13(2,3)19-12(17)15-7-10(11(16)8-15)14-5-9(6-14)18-4/h9-11,16H,5-8H2,1-4H3/t10-,11-/m1/s1. The Morgan fingerprint density at radius 2 is 1.84 bits per heavy atom. The van der Waals surface area contributed by atoms with Crippen molar-refractivity contribution >= 4 is 6.09 Å². The molecule has 0 saturated carbocycles. The third-order valence-electron chi connectivity index (χ3n) is 3.59. The summed E-state index contributed by atoms with van der Waals surface area (Å²) in [5.74, 6) is 0. The Morgan fingerprint density at radius 1 is 1.21 bits per heavy atom. The van der Waals surface area contributed by atoms with Crippen molar-refractivity contribution in [3.8, 4) is 0 Å². The number of ether oxygens (including phenoxy) is 2. The van der Waals surface area contributed by atoms with E-state index >= 15 is 0 Å². The average Bonchev–Trinajstić information content (AvgIpc) is 2.57. The van der Waals surface area contributed by atoms with Crippen LogP contribution >= 0.6 is 0 Å². The van der Waals surface area contributed by atoms with Crippen molar-refractivity contribution in [3.63, 3.8) is 0 Å². The van der Waals surface area contributed by atoms with Gasteiger partial charge in [-0.1, -0.05) is 0 Å². The number of β-amino-alcohol motifs (C(OH)–C–C–N with tert-alkyl or cyclic N) is 1. The van der Waals surface area contributed by atoms with Crippen LogP contribution in [0.3, 0.4) is 0 Å². The minimum absolute atomic E-state index is 0.00100. The molecule has 0 aromatic rings. The number of aliphatic hydroxyl groups is 1. The van der Waals surface area contributed by atoms with Crippen molar-refractivity contribution in [1.29, 1.82) is 0 Å². The summed E-state index contributed by atoms with van der Waals surface area (Å²) < 4.78 is 10.5. The molecule has 0 aromatic heterocycles. The van der Waals surface area contributed by atoms with Gasteiger partial charge in [0, 0.05) is 26.7 Å². The molecule has 2 rings (SSSR count). The van der Waals surface area contributed by atoms with Crippen molar-refractivity contribution in [2.75, 3.05) is 33.3 Å². The minimum atomic E-state index is -0.509. The summed E-state index contributed by atoms with van der Waals surface area (Å²) >= 11 is 0. The van der Waals surface area contributed by atoms with E-state index in [1.165, 1.54) is 0 Å². The molecule has 6 nitrogen and oxygen atoms in total. The zero-order valence-corrected chi connectivity index (χ0v) is 12.1. The molecule has 6 heteroatoms. The highest BCUT2D eigenvalue weighted by Gasteiger charge is 2.43. The van der Waals surface area contributed by atoms with Gasteiger partial charge in [0.2, 0.25) is 0 Å². The number of nitrogens with zero attached hydrogens (tertiary/aromatic N) is 2. The average molecular weight is 272 g/mol. The van der Waals surface area contributed by atoms with Crippen LogP contribution in [-0.4, -0.2) is 78.1 Å². The van der Waals surface area contributed by atoms with E-state index in [9.17, 15) is 9.90 Å². The van der Waals surface area contributed by atoms with Gasteiger partial charge < -0.3 is 19.5 Å². The summed E-state index contributed by atoms with van der Waals surface area (Å²) in [6.07, 6.45) is -0.606. The smallest absolute Gasteiger partial charge is 0.410 e. The van der Waals surface area contributed by atoms with Gasteiger partial charge in [-0.3, -0.25) is 4.90 Å². The van der Waals surface area contributed by atoms with Crippen LogP contribution in [0.25, 0.3) is 0 Å². The lowest BCUT2D eigenvalue weighted by atomic mass is 10.1. The maximum atomic E-state index is 12.0. The van der Waals surface area contributed by atoms with Crippen LogP contribution in [0.4, 0.5) is 4.79 Å². The van der Waals surface area contributed by atoms with Gasteiger partial charge in [0.25, 0.3) is 0 Å². The van der Waals surface area contributed by atoms with E-state index in [0.29, 0.717) is 13.1 Å². The lowest BCUT2D eigenvalue weighted by molar-refractivity contribution is -0.0664. The van der Waals surface area contributed by atoms with Crippen LogP contribution in [0.2, 0.25) is 0 Å². The van der Waals surface area contributed by atoms with Crippen molar-refractivity contribution in [2.24, 2.45) is 0 Å². The monoisotopic (exact) mass is 272 g/mol. The number of hydrogen-bond donors (Lipinski definition) is 1. The van der Waals surface area contributed by atoms with Crippen molar-refractivity contribution < 1.29 is 19.4 Å². The Balaban J connectivity index is 1.86. The van der Waals surface area contributed by atoms with Crippen LogP contribution in [-0.2, 0) is 9.47 Å². The highest BCUT2D eigenvalue weighted by molar-refractivity contribution is 5.68. The number of rotatable bonds is 2. The molecule has 110 valence electrons. The fourth-order valence-electron chi connectivity index (χ4n) is 2.49. The molecule has 2 aliphatic rings. The molecule has 1 N–H and O–H groups in total. The predicted octanol–water partition coefficient (Wildman–Crippen LogP) is 0.297. The van der Waals surface area contributed by atoms with E-state index in [2.05, 4.69) is 4.90 Å². The highest BCUT2D eigenvalue weighted by atomic mass is 16.6. The second-order valence-electron chi connectivity index (χ2n) is 6.33. The van der Waals surface area contributed by atoms with E-state index in [0.717, 1.165) is 13.1 Å². The largest absolute Gasteiger partial charge is 0.444 e. The topological polar surface area (TPSA) is 62.2 Å². The van der Waals surface area contributed by atoms with Crippen LogP contribution in [0.1, 0.15) is 20.8 Å². The third kappa shape index (κ3) is 3.38. The highest BCUT2D eigenvalue weighted by Crippen LogP contribution is 2.24. The normalized spacial score (nSPS) is 29.4. The van der Waals surface area contributed by atoms with Crippen LogP contribution < -0.4 is 0 Å². The quantitative estimate of drug-likeness (QED) is 0.783. The second-order valence-corrected chi connectivity index (χ2v) is 6.33. The molecule has 2 fully saturated rings. The van der Waals surface area contributed by atoms with Gasteiger partial charge in [0.05, 0.1) is 24.8 Å². The lowest BCUT2D eigenvalue weighted by Crippen LogP contribution is -2.59. The second kappa shape index (κ2) is 5.26. The van der Waals surface area contributed by atoms with E-state index in [4.69, 9.17) is 9.47 Å². The predicted molar refractivity (Wildman–Crippen MR) is 70.0 cm³/mol. The van der Waals surface area contributed by atoms with Gasteiger partial charge in [-0.05, 0) is 20.8 Å². The van der Waals surface area contributed by atoms with Crippen molar-refractivity contribution in [1.82, 2.24) is 9.80 Å². The Hall–Kier alpha value is -0.850. The van der Waals surface area contributed by atoms with E-state index in [-0.39, 0.29) is 18.2 Å². The first-order valence-corrected chi connectivity index (χ1v) is 6.73. The molecular formula is C13H24N2O4. The molecule has 0 aliphatic carbocycles. The molecule has 2 saturated heterocycles. The number of carbonyl (C=O) groups is 1. The molecule has 2 heterocycles. The van der Waals surface area contributed by atoms with Crippen molar-refractivity contribution in [2.45, 2.75) is 44.6 Å². The molecule has 2 atom stereocenters. The number of carbonyl (C=O) groups excluding carboxylic acids is 1. The summed E-state index contributed by atoms with van der Waals surface area (Å²) in [6, 6.07) is -0.00100. The third-order valence-corrected chi connectivity index (χ3v) is 3.59. The first-order valence-electron chi connectivity index (χ1n) is 6.73. The molecule has 0 radical (unpaired) electrons.